The molecular formula is C11H24N2O2. The first-order valence-corrected chi connectivity index (χ1v) is 5.61. The SMILES string of the molecule is CC.CC(=O)OCC1CN(C)CCN1C. The fourth-order valence-electron chi connectivity index (χ4n) is 1.49. The van der Waals surface area contributed by atoms with Crippen molar-refractivity contribution >= 4 is 5.97 Å². The first-order valence-electron chi connectivity index (χ1n) is 5.61. The number of piperazine rings is 1. The molecule has 0 aromatic carbocycles. The van der Waals surface area contributed by atoms with Crippen LogP contribution in [0.25, 0.3) is 0 Å². The van der Waals surface area contributed by atoms with E-state index in [0.29, 0.717) is 12.6 Å². The Balaban J connectivity index is 0.000000921. The van der Waals surface area contributed by atoms with Gasteiger partial charge in [0.2, 0.25) is 0 Å². The van der Waals surface area contributed by atoms with Gasteiger partial charge in [0.05, 0.1) is 6.04 Å². The van der Waals surface area contributed by atoms with E-state index in [0.717, 1.165) is 19.6 Å². The topological polar surface area (TPSA) is 32.8 Å². The van der Waals surface area contributed by atoms with E-state index in [2.05, 4.69) is 23.9 Å². The molecule has 4 nitrogen and oxygen atoms in total. The third kappa shape index (κ3) is 5.74. The first kappa shape index (κ1) is 14.4. The van der Waals surface area contributed by atoms with Crippen LogP contribution in [0.3, 0.4) is 0 Å². The van der Waals surface area contributed by atoms with E-state index in [9.17, 15) is 4.79 Å². The molecule has 90 valence electrons. The van der Waals surface area contributed by atoms with Crippen LogP contribution in [0, 0.1) is 0 Å². The second-order valence-corrected chi connectivity index (χ2v) is 3.70. The molecule has 1 fully saturated rings. The van der Waals surface area contributed by atoms with E-state index in [1.165, 1.54) is 6.92 Å². The highest BCUT2D eigenvalue weighted by atomic mass is 16.5. The number of carbonyl (C=O) groups excluding carboxylic acids is 1. The number of nitrogens with zero attached hydrogens (tertiary/aromatic N) is 2. The van der Waals surface area contributed by atoms with Crippen LogP contribution in [0.1, 0.15) is 20.8 Å². The summed E-state index contributed by atoms with van der Waals surface area (Å²) in [6.45, 7) is 9.07. The van der Waals surface area contributed by atoms with Crippen molar-refractivity contribution in [1.82, 2.24) is 9.80 Å². The van der Waals surface area contributed by atoms with Crippen molar-refractivity contribution in [3.8, 4) is 0 Å². The number of hydrogen-bond donors (Lipinski definition) is 0. The number of ether oxygens (including phenoxy) is 1. The van der Waals surface area contributed by atoms with Gasteiger partial charge in [-0.05, 0) is 14.1 Å². The van der Waals surface area contributed by atoms with Crippen LogP contribution >= 0.6 is 0 Å². The number of carbonyl (C=O) groups is 1. The maximum absolute atomic E-state index is 10.6. The zero-order valence-electron chi connectivity index (χ0n) is 10.6. The van der Waals surface area contributed by atoms with Gasteiger partial charge in [-0.1, -0.05) is 13.8 Å². The molecule has 1 rings (SSSR count). The summed E-state index contributed by atoms with van der Waals surface area (Å²) in [4.78, 5) is 15.1. The summed E-state index contributed by atoms with van der Waals surface area (Å²) >= 11 is 0. The highest BCUT2D eigenvalue weighted by molar-refractivity contribution is 5.65. The quantitative estimate of drug-likeness (QED) is 0.640. The lowest BCUT2D eigenvalue weighted by Gasteiger charge is -2.37. The van der Waals surface area contributed by atoms with Gasteiger partial charge in [0.1, 0.15) is 6.61 Å². The summed E-state index contributed by atoms with van der Waals surface area (Å²) in [5.74, 6) is -0.193. The molecule has 4 heteroatoms. The summed E-state index contributed by atoms with van der Waals surface area (Å²) in [5.41, 5.74) is 0. The third-order valence-electron chi connectivity index (χ3n) is 2.46. The van der Waals surface area contributed by atoms with Gasteiger partial charge in [-0.3, -0.25) is 9.69 Å². The maximum Gasteiger partial charge on any atom is 0.302 e. The Kier molecular flexibility index (Phi) is 7.34. The van der Waals surface area contributed by atoms with Gasteiger partial charge in [0.15, 0.2) is 0 Å². The molecule has 1 heterocycles. The van der Waals surface area contributed by atoms with Crippen molar-refractivity contribution in [2.75, 3.05) is 40.3 Å². The van der Waals surface area contributed by atoms with E-state index >= 15 is 0 Å². The van der Waals surface area contributed by atoms with Crippen LogP contribution < -0.4 is 0 Å². The lowest BCUT2D eigenvalue weighted by atomic mass is 10.2. The molecule has 1 atom stereocenters. The molecule has 1 aliphatic rings. The number of likely N-dealkylation sites (N-methyl/N-ethyl adjacent to an activating group) is 2. The lowest BCUT2D eigenvalue weighted by molar-refractivity contribution is -0.143. The van der Waals surface area contributed by atoms with Gasteiger partial charge in [0.25, 0.3) is 0 Å². The summed E-state index contributed by atoms with van der Waals surface area (Å²) in [6, 6.07) is 0.350. The number of esters is 1. The lowest BCUT2D eigenvalue weighted by Crippen LogP contribution is -2.52. The Hall–Kier alpha value is -0.610. The molecule has 0 amide bonds. The third-order valence-corrected chi connectivity index (χ3v) is 2.46. The minimum atomic E-state index is -0.193. The highest BCUT2D eigenvalue weighted by Gasteiger charge is 2.22. The van der Waals surface area contributed by atoms with Crippen LogP contribution in [0.4, 0.5) is 0 Å². The van der Waals surface area contributed by atoms with E-state index in [1.807, 2.05) is 13.8 Å². The maximum atomic E-state index is 10.6. The van der Waals surface area contributed by atoms with Gasteiger partial charge in [-0.25, -0.2) is 0 Å². The Morgan fingerprint density at radius 3 is 2.47 bits per heavy atom. The van der Waals surface area contributed by atoms with Gasteiger partial charge < -0.3 is 9.64 Å². The smallest absolute Gasteiger partial charge is 0.302 e. The molecule has 0 aromatic heterocycles. The Morgan fingerprint density at radius 2 is 1.93 bits per heavy atom. The van der Waals surface area contributed by atoms with E-state index in [1.54, 1.807) is 0 Å². The van der Waals surface area contributed by atoms with Crippen molar-refractivity contribution in [1.29, 1.82) is 0 Å². The van der Waals surface area contributed by atoms with Crippen LogP contribution in [0.2, 0.25) is 0 Å². The van der Waals surface area contributed by atoms with Crippen molar-refractivity contribution in [2.24, 2.45) is 0 Å². The average Bonchev–Trinajstić information content (AvgIpc) is 2.22. The van der Waals surface area contributed by atoms with Crippen molar-refractivity contribution in [2.45, 2.75) is 26.8 Å². The zero-order chi connectivity index (χ0) is 11.8. The fourth-order valence-corrected chi connectivity index (χ4v) is 1.49. The minimum Gasteiger partial charge on any atom is -0.464 e. The van der Waals surface area contributed by atoms with Gasteiger partial charge in [-0.15, -0.1) is 0 Å². The van der Waals surface area contributed by atoms with E-state index in [4.69, 9.17) is 4.74 Å². The van der Waals surface area contributed by atoms with E-state index < -0.39 is 0 Å². The molecule has 0 N–H and O–H groups in total. The summed E-state index contributed by atoms with van der Waals surface area (Å²) in [6.07, 6.45) is 0. The molecule has 15 heavy (non-hydrogen) atoms. The molecule has 0 radical (unpaired) electrons. The summed E-state index contributed by atoms with van der Waals surface area (Å²) in [5, 5.41) is 0. The number of rotatable bonds is 2. The van der Waals surface area contributed by atoms with Crippen molar-refractivity contribution in [3.05, 3.63) is 0 Å². The van der Waals surface area contributed by atoms with Crippen LogP contribution in [0.5, 0.6) is 0 Å². The first-order chi connectivity index (χ1) is 7.09. The molecule has 1 aliphatic heterocycles. The Morgan fingerprint density at radius 1 is 1.33 bits per heavy atom. The van der Waals surface area contributed by atoms with Crippen LogP contribution in [-0.4, -0.2) is 62.1 Å². The summed E-state index contributed by atoms with van der Waals surface area (Å²) in [7, 11) is 4.16. The average molecular weight is 216 g/mol. The largest absolute Gasteiger partial charge is 0.464 e. The van der Waals surface area contributed by atoms with Crippen LogP contribution in [-0.2, 0) is 9.53 Å². The molecular weight excluding hydrogens is 192 g/mol. The van der Waals surface area contributed by atoms with Crippen molar-refractivity contribution in [3.63, 3.8) is 0 Å². The molecule has 1 saturated heterocycles. The molecule has 0 aliphatic carbocycles. The van der Waals surface area contributed by atoms with Gasteiger partial charge in [-0.2, -0.15) is 0 Å². The second-order valence-electron chi connectivity index (χ2n) is 3.70. The molecule has 0 spiro atoms. The summed E-state index contributed by atoms with van der Waals surface area (Å²) < 4.78 is 4.99. The van der Waals surface area contributed by atoms with E-state index in [-0.39, 0.29) is 5.97 Å². The van der Waals surface area contributed by atoms with Gasteiger partial charge in [0, 0.05) is 26.6 Å². The normalized spacial score (nSPS) is 22.9. The van der Waals surface area contributed by atoms with Crippen LogP contribution in [0.15, 0.2) is 0 Å². The number of hydrogen-bond acceptors (Lipinski definition) is 4. The molecule has 0 bridgehead atoms. The fraction of sp³-hybridized carbons (Fsp3) is 0.909. The molecule has 0 saturated carbocycles. The monoisotopic (exact) mass is 216 g/mol. The standard InChI is InChI=1S/C9H18N2O2.C2H6/c1-8(12)13-7-9-6-10(2)4-5-11(9)3;1-2/h9H,4-7H2,1-3H3;1-2H3. The second kappa shape index (κ2) is 7.65. The van der Waals surface area contributed by atoms with Crippen molar-refractivity contribution < 1.29 is 9.53 Å². The highest BCUT2D eigenvalue weighted by Crippen LogP contribution is 2.05. The van der Waals surface area contributed by atoms with Gasteiger partial charge >= 0.3 is 5.97 Å². The predicted octanol–water partition coefficient (Wildman–Crippen LogP) is 0.822. The zero-order valence-corrected chi connectivity index (χ0v) is 10.6. The molecule has 0 aromatic rings. The predicted molar refractivity (Wildman–Crippen MR) is 61.9 cm³/mol. The molecule has 1 unspecified atom stereocenters. The minimum absolute atomic E-state index is 0.193. The Bertz CT molecular complexity index is 185. The Labute approximate surface area is 93.2 Å².